The number of anilines is 1. The van der Waals surface area contributed by atoms with Crippen LogP contribution in [0.4, 0.5) is 11.4 Å². The van der Waals surface area contributed by atoms with Crippen molar-refractivity contribution in [3.05, 3.63) is 33.9 Å². The summed E-state index contributed by atoms with van der Waals surface area (Å²) in [5.41, 5.74) is 1.25. The van der Waals surface area contributed by atoms with Gasteiger partial charge in [-0.3, -0.25) is 14.9 Å². The molecule has 4 bridgehead atoms. The number of rotatable bonds is 5. The summed E-state index contributed by atoms with van der Waals surface area (Å²) in [4.78, 5) is 28.8. The van der Waals surface area contributed by atoms with Crippen LogP contribution < -0.4 is 10.2 Å². The second-order valence-electron chi connectivity index (χ2n) is 10.7. The fourth-order valence-corrected chi connectivity index (χ4v) is 7.27. The molecule has 1 aromatic rings. The third-order valence-corrected chi connectivity index (χ3v) is 8.63. The van der Waals surface area contributed by atoms with E-state index >= 15 is 0 Å². The quantitative estimate of drug-likeness (QED) is 0.574. The lowest BCUT2D eigenvalue weighted by molar-refractivity contribution is -0.384. The Hall–Kier alpha value is -2.15. The maximum atomic E-state index is 13.1. The summed E-state index contributed by atoms with van der Waals surface area (Å²) in [7, 11) is 2.06. The normalized spacial score (nSPS) is 33.4. The average Bonchev–Trinajstić information content (AvgIpc) is 2.73. The van der Waals surface area contributed by atoms with Crippen LogP contribution in [0.25, 0.3) is 0 Å². The second-order valence-corrected chi connectivity index (χ2v) is 10.7. The van der Waals surface area contributed by atoms with Crippen molar-refractivity contribution < 1.29 is 9.72 Å². The van der Waals surface area contributed by atoms with Crippen molar-refractivity contribution in [3.63, 3.8) is 0 Å². The predicted octanol–water partition coefficient (Wildman–Crippen LogP) is 3.68. The van der Waals surface area contributed by atoms with Crippen molar-refractivity contribution >= 4 is 17.3 Å². The molecule has 5 fully saturated rings. The molecule has 4 saturated carbocycles. The third-order valence-electron chi connectivity index (χ3n) is 8.63. The van der Waals surface area contributed by atoms with Crippen molar-refractivity contribution in [3.8, 4) is 0 Å². The summed E-state index contributed by atoms with van der Waals surface area (Å²) in [6.45, 7) is 5.42. The maximum absolute atomic E-state index is 13.1. The lowest BCUT2D eigenvalue weighted by atomic mass is 9.48. The zero-order valence-corrected chi connectivity index (χ0v) is 18.7. The highest BCUT2D eigenvalue weighted by Gasteiger charge is 2.53. The molecule has 1 aromatic carbocycles. The number of nitro benzene ring substituents is 1. The summed E-state index contributed by atoms with van der Waals surface area (Å²) in [5.74, 6) is 2.30. The van der Waals surface area contributed by atoms with Gasteiger partial charge in [-0.1, -0.05) is 0 Å². The fraction of sp³-hybridized carbons (Fsp3) is 0.708. The van der Waals surface area contributed by atoms with Gasteiger partial charge in [0.1, 0.15) is 5.69 Å². The Morgan fingerprint density at radius 3 is 2.23 bits per heavy atom. The molecule has 1 N–H and O–H groups in total. The summed E-state index contributed by atoms with van der Waals surface area (Å²) < 4.78 is 0. The van der Waals surface area contributed by atoms with E-state index in [1.165, 1.54) is 44.6 Å². The molecule has 1 saturated heterocycles. The number of carbonyl (C=O) groups excluding carboxylic acids is 1. The number of likely N-dealkylation sites (N-methyl/N-ethyl adjacent to an activating group) is 1. The Labute approximate surface area is 184 Å². The van der Waals surface area contributed by atoms with Crippen LogP contribution in [-0.2, 0) is 0 Å². The molecule has 0 aromatic heterocycles. The average molecular weight is 427 g/mol. The Kier molecular flexibility index (Phi) is 5.19. The Bertz CT molecular complexity index is 842. The topological polar surface area (TPSA) is 78.7 Å². The third kappa shape index (κ3) is 3.81. The van der Waals surface area contributed by atoms with E-state index in [0.717, 1.165) is 43.9 Å². The summed E-state index contributed by atoms with van der Waals surface area (Å²) in [5, 5.41) is 15.0. The highest BCUT2D eigenvalue weighted by atomic mass is 16.6. The Morgan fingerprint density at radius 1 is 1.10 bits per heavy atom. The first kappa shape index (κ1) is 20.7. The van der Waals surface area contributed by atoms with E-state index in [2.05, 4.69) is 29.1 Å². The van der Waals surface area contributed by atoms with E-state index in [-0.39, 0.29) is 28.0 Å². The standard InChI is InChI=1S/C24H34N4O3/c1-16(24-13-17-9-18(14-24)11-19(10-17)15-24)25-23(29)20-3-4-21(22(12-20)28(30)31)27-7-5-26(2)6-8-27/h3-4,12,16-19H,5-11,13-15H2,1-2H3,(H,25,29). The minimum absolute atomic E-state index is 0.0275. The molecule has 1 atom stereocenters. The fourth-order valence-electron chi connectivity index (χ4n) is 7.27. The monoisotopic (exact) mass is 426 g/mol. The molecule has 7 heteroatoms. The molecular weight excluding hydrogens is 392 g/mol. The molecule has 6 rings (SSSR count). The molecule has 31 heavy (non-hydrogen) atoms. The van der Waals surface area contributed by atoms with Crippen LogP contribution in [0.2, 0.25) is 0 Å². The molecular formula is C24H34N4O3. The molecule has 5 aliphatic rings. The van der Waals surface area contributed by atoms with E-state index in [4.69, 9.17) is 0 Å². The number of hydrogen-bond donors (Lipinski definition) is 1. The highest BCUT2D eigenvalue weighted by molar-refractivity contribution is 5.96. The highest BCUT2D eigenvalue weighted by Crippen LogP contribution is 2.61. The number of benzene rings is 1. The van der Waals surface area contributed by atoms with Crippen molar-refractivity contribution in [2.24, 2.45) is 23.2 Å². The molecule has 1 amide bonds. The van der Waals surface area contributed by atoms with Gasteiger partial charge in [0.05, 0.1) is 4.92 Å². The van der Waals surface area contributed by atoms with Gasteiger partial charge in [-0.05, 0) is 87.8 Å². The van der Waals surface area contributed by atoms with Crippen LogP contribution in [0.1, 0.15) is 55.8 Å². The van der Waals surface area contributed by atoms with Crippen molar-refractivity contribution in [2.75, 3.05) is 38.1 Å². The van der Waals surface area contributed by atoms with Gasteiger partial charge in [0.15, 0.2) is 0 Å². The first-order valence-electron chi connectivity index (χ1n) is 11.9. The zero-order chi connectivity index (χ0) is 21.8. The first-order chi connectivity index (χ1) is 14.8. The SMILES string of the molecule is CC(NC(=O)c1ccc(N2CCN(C)CC2)c([N+](=O)[O-])c1)C12CC3CC(CC(C3)C1)C2. The van der Waals surface area contributed by atoms with Gasteiger partial charge in [-0.25, -0.2) is 0 Å². The lowest BCUT2D eigenvalue weighted by Gasteiger charge is -2.59. The van der Waals surface area contributed by atoms with Crippen molar-refractivity contribution in [1.29, 1.82) is 0 Å². The van der Waals surface area contributed by atoms with Crippen molar-refractivity contribution in [1.82, 2.24) is 10.2 Å². The van der Waals surface area contributed by atoms with Crippen LogP contribution in [0.3, 0.4) is 0 Å². The van der Waals surface area contributed by atoms with Crippen LogP contribution >= 0.6 is 0 Å². The van der Waals surface area contributed by atoms with Crippen LogP contribution in [0.5, 0.6) is 0 Å². The van der Waals surface area contributed by atoms with E-state index in [1.807, 2.05) is 0 Å². The minimum atomic E-state index is -0.354. The number of hydrogen-bond acceptors (Lipinski definition) is 5. The lowest BCUT2D eigenvalue weighted by Crippen LogP contribution is -2.55. The van der Waals surface area contributed by atoms with Gasteiger partial charge >= 0.3 is 0 Å². The number of nitro groups is 1. The molecule has 4 aliphatic carbocycles. The number of nitrogens with zero attached hydrogens (tertiary/aromatic N) is 3. The maximum Gasteiger partial charge on any atom is 0.293 e. The summed E-state index contributed by atoms with van der Waals surface area (Å²) >= 11 is 0. The molecule has 7 nitrogen and oxygen atoms in total. The molecule has 168 valence electrons. The van der Waals surface area contributed by atoms with Gasteiger partial charge in [-0.15, -0.1) is 0 Å². The number of piperazine rings is 1. The van der Waals surface area contributed by atoms with Gasteiger partial charge in [-0.2, -0.15) is 0 Å². The predicted molar refractivity (Wildman–Crippen MR) is 120 cm³/mol. The Morgan fingerprint density at radius 2 is 1.68 bits per heavy atom. The van der Waals surface area contributed by atoms with E-state index in [9.17, 15) is 14.9 Å². The first-order valence-corrected chi connectivity index (χ1v) is 11.9. The number of amides is 1. The molecule has 1 heterocycles. The van der Waals surface area contributed by atoms with E-state index in [1.54, 1.807) is 12.1 Å². The van der Waals surface area contributed by atoms with E-state index in [0.29, 0.717) is 11.3 Å². The Balaban J connectivity index is 1.32. The summed E-state index contributed by atoms with van der Waals surface area (Å²) in [6, 6.07) is 5.08. The van der Waals surface area contributed by atoms with E-state index < -0.39 is 0 Å². The zero-order valence-electron chi connectivity index (χ0n) is 18.7. The van der Waals surface area contributed by atoms with Crippen molar-refractivity contribution in [2.45, 2.75) is 51.5 Å². The summed E-state index contributed by atoms with van der Waals surface area (Å²) in [6.07, 6.45) is 7.80. The van der Waals surface area contributed by atoms with Gasteiger partial charge in [0.25, 0.3) is 11.6 Å². The van der Waals surface area contributed by atoms with Gasteiger partial charge in [0, 0.05) is 43.9 Å². The van der Waals surface area contributed by atoms with Crippen LogP contribution in [0.15, 0.2) is 18.2 Å². The number of nitrogens with one attached hydrogen (secondary N) is 1. The van der Waals surface area contributed by atoms with Gasteiger partial charge < -0.3 is 15.1 Å². The van der Waals surface area contributed by atoms with Crippen LogP contribution in [0, 0.1) is 33.3 Å². The largest absolute Gasteiger partial charge is 0.363 e. The number of carbonyl (C=O) groups is 1. The molecule has 1 aliphatic heterocycles. The molecule has 0 radical (unpaired) electrons. The molecule has 0 spiro atoms. The van der Waals surface area contributed by atoms with Crippen LogP contribution in [-0.4, -0.2) is 55.0 Å². The smallest absolute Gasteiger partial charge is 0.293 e. The molecule has 1 unspecified atom stereocenters. The van der Waals surface area contributed by atoms with Gasteiger partial charge in [0.2, 0.25) is 0 Å². The minimum Gasteiger partial charge on any atom is -0.363 e. The second kappa shape index (κ2) is 7.76.